The number of rotatable bonds is 3. The van der Waals surface area contributed by atoms with E-state index in [1.807, 2.05) is 34.6 Å². The van der Waals surface area contributed by atoms with Gasteiger partial charge in [-0.25, -0.2) is 0 Å². The van der Waals surface area contributed by atoms with Gasteiger partial charge >= 0.3 is 0 Å². The summed E-state index contributed by atoms with van der Waals surface area (Å²) >= 11 is 0. The van der Waals surface area contributed by atoms with E-state index in [4.69, 9.17) is 23.7 Å². The second-order valence-electron chi connectivity index (χ2n) is 6.88. The summed E-state index contributed by atoms with van der Waals surface area (Å²) < 4.78 is 29.2. The summed E-state index contributed by atoms with van der Waals surface area (Å²) in [5.41, 5.74) is 0. The third-order valence-corrected chi connectivity index (χ3v) is 4.13. The molecule has 3 saturated heterocycles. The minimum absolute atomic E-state index is 0.0502. The van der Waals surface area contributed by atoms with E-state index in [-0.39, 0.29) is 30.3 Å². The van der Waals surface area contributed by atoms with E-state index in [2.05, 4.69) is 5.32 Å². The standard InChI is InChI=1S/C15H25NO6/c1-6-9(17)16-10-11(8-7-18-14(2,3)20-8)19-13-12(10)21-15(4,5)22-13/h8,10-13H,6-7H2,1-5H3,(H,16,17)/t8-,10-,11-,12-,13-/m1/s1. The largest absolute Gasteiger partial charge is 0.348 e. The summed E-state index contributed by atoms with van der Waals surface area (Å²) in [4.78, 5) is 11.9. The van der Waals surface area contributed by atoms with Crippen molar-refractivity contribution in [3.8, 4) is 0 Å². The van der Waals surface area contributed by atoms with Crippen LogP contribution in [0.15, 0.2) is 0 Å². The van der Waals surface area contributed by atoms with Crippen LogP contribution in [-0.4, -0.2) is 54.7 Å². The average molecular weight is 315 g/mol. The zero-order valence-electron chi connectivity index (χ0n) is 13.8. The van der Waals surface area contributed by atoms with Crippen molar-refractivity contribution in [1.29, 1.82) is 0 Å². The summed E-state index contributed by atoms with van der Waals surface area (Å²) in [7, 11) is 0. The van der Waals surface area contributed by atoms with Gasteiger partial charge in [0.1, 0.15) is 18.3 Å². The third-order valence-electron chi connectivity index (χ3n) is 4.13. The van der Waals surface area contributed by atoms with E-state index in [1.54, 1.807) is 0 Å². The van der Waals surface area contributed by atoms with Gasteiger partial charge in [-0.15, -0.1) is 0 Å². The number of hydrogen-bond acceptors (Lipinski definition) is 6. The highest BCUT2D eigenvalue weighted by Gasteiger charge is 2.58. The highest BCUT2D eigenvalue weighted by atomic mass is 16.8. The molecular formula is C15H25NO6. The number of carbonyl (C=O) groups is 1. The fourth-order valence-corrected chi connectivity index (χ4v) is 3.18. The molecule has 126 valence electrons. The van der Waals surface area contributed by atoms with Crippen molar-refractivity contribution in [3.05, 3.63) is 0 Å². The van der Waals surface area contributed by atoms with Gasteiger partial charge in [-0.3, -0.25) is 4.79 Å². The smallest absolute Gasteiger partial charge is 0.220 e. The van der Waals surface area contributed by atoms with Crippen LogP contribution in [0, 0.1) is 0 Å². The van der Waals surface area contributed by atoms with Gasteiger partial charge in [-0.1, -0.05) is 6.92 Å². The van der Waals surface area contributed by atoms with Crippen molar-refractivity contribution in [2.24, 2.45) is 0 Å². The Balaban J connectivity index is 1.76. The number of fused-ring (bicyclic) bond motifs is 1. The fourth-order valence-electron chi connectivity index (χ4n) is 3.18. The maximum atomic E-state index is 11.9. The lowest BCUT2D eigenvalue weighted by molar-refractivity contribution is -0.223. The summed E-state index contributed by atoms with van der Waals surface area (Å²) in [6, 6.07) is -0.318. The minimum atomic E-state index is -0.720. The van der Waals surface area contributed by atoms with Gasteiger partial charge in [0.05, 0.1) is 12.6 Å². The molecule has 7 nitrogen and oxygen atoms in total. The van der Waals surface area contributed by atoms with Gasteiger partial charge in [0.15, 0.2) is 17.9 Å². The van der Waals surface area contributed by atoms with Gasteiger partial charge in [0.2, 0.25) is 5.91 Å². The minimum Gasteiger partial charge on any atom is -0.348 e. The van der Waals surface area contributed by atoms with E-state index in [1.165, 1.54) is 0 Å². The SMILES string of the molecule is CCC(=O)N[C@H]1[C@H]2OC(C)(C)O[C@H]2O[C@@H]1[C@H]1COC(C)(C)O1. The van der Waals surface area contributed by atoms with Crippen molar-refractivity contribution in [1.82, 2.24) is 5.32 Å². The molecule has 0 spiro atoms. The Morgan fingerprint density at radius 2 is 1.82 bits per heavy atom. The molecule has 0 aromatic rings. The molecule has 5 atom stereocenters. The Bertz CT molecular complexity index is 451. The van der Waals surface area contributed by atoms with Gasteiger partial charge in [-0.05, 0) is 27.7 Å². The van der Waals surface area contributed by atoms with Crippen LogP contribution in [0.1, 0.15) is 41.0 Å². The lowest BCUT2D eigenvalue weighted by atomic mass is 10.0. The van der Waals surface area contributed by atoms with Crippen LogP contribution in [0.3, 0.4) is 0 Å². The van der Waals surface area contributed by atoms with Crippen LogP contribution < -0.4 is 5.32 Å². The van der Waals surface area contributed by atoms with Crippen molar-refractivity contribution in [2.75, 3.05) is 6.61 Å². The Hall–Kier alpha value is -0.730. The van der Waals surface area contributed by atoms with Crippen LogP contribution in [0.5, 0.6) is 0 Å². The van der Waals surface area contributed by atoms with Crippen LogP contribution in [0.4, 0.5) is 0 Å². The van der Waals surface area contributed by atoms with Crippen molar-refractivity contribution >= 4 is 5.91 Å². The first-order valence-corrected chi connectivity index (χ1v) is 7.83. The maximum absolute atomic E-state index is 11.9. The zero-order valence-corrected chi connectivity index (χ0v) is 13.8. The number of amides is 1. The zero-order chi connectivity index (χ0) is 16.1. The van der Waals surface area contributed by atoms with Gasteiger partial charge < -0.3 is 29.0 Å². The Labute approximate surface area is 130 Å². The fraction of sp³-hybridized carbons (Fsp3) is 0.933. The lowest BCUT2D eigenvalue weighted by Crippen LogP contribution is -2.52. The molecule has 3 heterocycles. The summed E-state index contributed by atoms with van der Waals surface area (Å²) in [5.74, 6) is -1.42. The summed E-state index contributed by atoms with van der Waals surface area (Å²) in [6.45, 7) is 9.61. The van der Waals surface area contributed by atoms with E-state index in [0.29, 0.717) is 13.0 Å². The Morgan fingerprint density at radius 1 is 1.09 bits per heavy atom. The molecule has 3 rings (SSSR count). The molecule has 0 aromatic carbocycles. The van der Waals surface area contributed by atoms with Gasteiger partial charge in [0.25, 0.3) is 0 Å². The number of nitrogens with one attached hydrogen (secondary N) is 1. The molecule has 0 radical (unpaired) electrons. The molecule has 7 heteroatoms. The number of hydrogen-bond donors (Lipinski definition) is 1. The van der Waals surface area contributed by atoms with Crippen LogP contribution in [-0.2, 0) is 28.5 Å². The van der Waals surface area contributed by atoms with Crippen molar-refractivity contribution < 1.29 is 28.5 Å². The van der Waals surface area contributed by atoms with E-state index in [9.17, 15) is 4.79 Å². The second-order valence-corrected chi connectivity index (χ2v) is 6.88. The molecule has 0 aliphatic carbocycles. The molecule has 22 heavy (non-hydrogen) atoms. The Kier molecular flexibility index (Phi) is 3.98. The molecular weight excluding hydrogens is 290 g/mol. The molecule has 0 unspecified atom stereocenters. The molecule has 3 fully saturated rings. The first-order valence-electron chi connectivity index (χ1n) is 7.83. The van der Waals surface area contributed by atoms with Crippen molar-refractivity contribution in [3.63, 3.8) is 0 Å². The monoisotopic (exact) mass is 315 g/mol. The lowest BCUT2D eigenvalue weighted by Gasteiger charge is -2.29. The van der Waals surface area contributed by atoms with Crippen molar-refractivity contribution in [2.45, 2.75) is 83.3 Å². The first-order chi connectivity index (χ1) is 10.2. The molecule has 1 N–H and O–H groups in total. The first kappa shape index (κ1) is 16.1. The topological polar surface area (TPSA) is 75.3 Å². The van der Waals surface area contributed by atoms with E-state index >= 15 is 0 Å². The van der Waals surface area contributed by atoms with Crippen LogP contribution in [0.2, 0.25) is 0 Å². The van der Waals surface area contributed by atoms with E-state index in [0.717, 1.165) is 0 Å². The quantitative estimate of drug-likeness (QED) is 0.834. The maximum Gasteiger partial charge on any atom is 0.220 e. The number of ether oxygens (including phenoxy) is 5. The van der Waals surface area contributed by atoms with E-state index < -0.39 is 17.9 Å². The molecule has 1 amide bonds. The third kappa shape index (κ3) is 3.00. The summed E-state index contributed by atoms with van der Waals surface area (Å²) in [5, 5.41) is 2.99. The van der Waals surface area contributed by atoms with Gasteiger partial charge in [0, 0.05) is 6.42 Å². The Morgan fingerprint density at radius 3 is 2.41 bits per heavy atom. The predicted octanol–water partition coefficient (Wildman–Crippen LogP) is 0.909. The molecule has 3 aliphatic heterocycles. The number of carbonyl (C=O) groups excluding carboxylic acids is 1. The normalized spacial score (nSPS) is 42.3. The molecule has 0 bridgehead atoms. The molecule has 3 aliphatic rings. The molecule has 0 aromatic heterocycles. The highest BCUT2D eigenvalue weighted by Crippen LogP contribution is 2.40. The summed E-state index contributed by atoms with van der Waals surface area (Å²) in [6.07, 6.45) is -1.07. The van der Waals surface area contributed by atoms with Crippen LogP contribution in [0.25, 0.3) is 0 Å². The molecule has 0 saturated carbocycles. The predicted molar refractivity (Wildman–Crippen MR) is 75.8 cm³/mol. The van der Waals surface area contributed by atoms with Crippen LogP contribution >= 0.6 is 0 Å². The highest BCUT2D eigenvalue weighted by molar-refractivity contribution is 5.76. The second kappa shape index (κ2) is 5.42. The van der Waals surface area contributed by atoms with Gasteiger partial charge in [-0.2, -0.15) is 0 Å². The average Bonchev–Trinajstić information content (AvgIpc) is 3.01.